The van der Waals surface area contributed by atoms with E-state index < -0.39 is 12.1 Å². The molecule has 0 aliphatic carbocycles. The number of carbonyl (C=O) groups is 2. The number of aryl methyl sites for hydroxylation is 1. The number of hydrogen-bond acceptors (Lipinski definition) is 5. The topological polar surface area (TPSA) is 91.8 Å². The fourth-order valence-electron chi connectivity index (χ4n) is 4.09. The van der Waals surface area contributed by atoms with Crippen LogP contribution in [0.1, 0.15) is 28.8 Å². The van der Waals surface area contributed by atoms with Gasteiger partial charge in [-0.3, -0.25) is 4.79 Å². The summed E-state index contributed by atoms with van der Waals surface area (Å²) in [5, 5.41) is 10.5. The molecule has 0 saturated carbocycles. The average Bonchev–Trinajstić information content (AvgIpc) is 3.17. The molecule has 4 rings (SSSR count). The van der Waals surface area contributed by atoms with Gasteiger partial charge in [0.25, 0.3) is 5.91 Å². The van der Waals surface area contributed by atoms with E-state index in [-0.39, 0.29) is 11.5 Å². The molecule has 1 aromatic carbocycles. The highest BCUT2D eigenvalue weighted by atomic mass is 19.4. The Morgan fingerprint density at radius 3 is 2.58 bits per heavy atom. The van der Waals surface area contributed by atoms with Crippen LogP contribution in [0.25, 0.3) is 0 Å². The molecular weight excluding hydrogens is 439 g/mol. The minimum Gasteiger partial charge on any atom is -0.475 e. The van der Waals surface area contributed by atoms with Gasteiger partial charge < -0.3 is 20.1 Å². The van der Waals surface area contributed by atoms with Crippen molar-refractivity contribution in [1.29, 1.82) is 0 Å². The van der Waals surface area contributed by atoms with Crippen LogP contribution in [-0.2, 0) is 9.53 Å². The minimum absolute atomic E-state index is 0.111. The molecule has 7 nitrogen and oxygen atoms in total. The van der Waals surface area contributed by atoms with Crippen LogP contribution in [0, 0.1) is 12.8 Å². The number of rotatable bonds is 5. The lowest BCUT2D eigenvalue weighted by Crippen LogP contribution is -2.66. The summed E-state index contributed by atoms with van der Waals surface area (Å²) in [6.07, 6.45) is -1.19. The first-order valence-corrected chi connectivity index (χ1v) is 10.6. The number of nitrogens with one attached hydrogen (secondary N) is 1. The number of aromatic nitrogens is 1. The van der Waals surface area contributed by atoms with Crippen LogP contribution >= 0.6 is 0 Å². The molecule has 10 heteroatoms. The number of likely N-dealkylation sites (tertiary alicyclic amines) is 1. The van der Waals surface area contributed by atoms with Crippen LogP contribution in [-0.4, -0.2) is 64.9 Å². The summed E-state index contributed by atoms with van der Waals surface area (Å²) in [6.45, 7) is 5.08. The molecule has 2 saturated heterocycles. The predicted octanol–water partition coefficient (Wildman–Crippen LogP) is 3.76. The smallest absolute Gasteiger partial charge is 0.475 e. The fourth-order valence-corrected chi connectivity index (χ4v) is 4.09. The maximum atomic E-state index is 12.7. The number of carboxylic acid groups (broad SMARTS) is 1. The van der Waals surface area contributed by atoms with E-state index in [4.69, 9.17) is 14.6 Å². The first-order chi connectivity index (χ1) is 15.6. The SMILES string of the molecule is Cc1cccc(C(=O)N2CC3(C2)OCCC3CCNc2ccccn2)c1.O=C(O)C(F)(F)F. The van der Waals surface area contributed by atoms with Gasteiger partial charge in [0, 0.05) is 24.9 Å². The Morgan fingerprint density at radius 1 is 1.24 bits per heavy atom. The van der Waals surface area contributed by atoms with Crippen LogP contribution in [0.5, 0.6) is 0 Å². The molecule has 0 bridgehead atoms. The van der Waals surface area contributed by atoms with Gasteiger partial charge in [-0.05, 0) is 49.9 Å². The molecule has 178 valence electrons. The normalized spacial score (nSPS) is 18.8. The van der Waals surface area contributed by atoms with Gasteiger partial charge in [0.05, 0.1) is 13.1 Å². The van der Waals surface area contributed by atoms with Crippen molar-refractivity contribution in [2.24, 2.45) is 5.92 Å². The summed E-state index contributed by atoms with van der Waals surface area (Å²) in [5.41, 5.74) is 1.73. The number of alkyl halides is 3. The molecule has 2 fully saturated rings. The predicted molar refractivity (Wildman–Crippen MR) is 115 cm³/mol. The number of hydrogen-bond donors (Lipinski definition) is 2. The van der Waals surface area contributed by atoms with Crippen LogP contribution in [0.2, 0.25) is 0 Å². The average molecular weight is 465 g/mol. The Hall–Kier alpha value is -3.14. The third-order valence-electron chi connectivity index (χ3n) is 5.78. The highest BCUT2D eigenvalue weighted by Crippen LogP contribution is 2.42. The second kappa shape index (κ2) is 10.2. The van der Waals surface area contributed by atoms with Crippen molar-refractivity contribution in [2.45, 2.75) is 31.5 Å². The second-order valence-corrected chi connectivity index (χ2v) is 8.16. The lowest BCUT2D eigenvalue weighted by atomic mass is 9.78. The van der Waals surface area contributed by atoms with E-state index in [9.17, 15) is 18.0 Å². The van der Waals surface area contributed by atoms with Crippen molar-refractivity contribution in [2.75, 3.05) is 31.6 Å². The molecule has 1 atom stereocenters. The Labute approximate surface area is 189 Å². The van der Waals surface area contributed by atoms with E-state index in [2.05, 4.69) is 10.3 Å². The molecule has 2 N–H and O–H groups in total. The lowest BCUT2D eigenvalue weighted by Gasteiger charge is -2.50. The third kappa shape index (κ3) is 6.22. The molecule has 0 radical (unpaired) electrons. The highest BCUT2D eigenvalue weighted by Gasteiger charge is 2.54. The molecule has 2 aromatic rings. The zero-order valence-corrected chi connectivity index (χ0v) is 18.1. The number of amides is 1. The molecule has 3 heterocycles. The van der Waals surface area contributed by atoms with Crippen LogP contribution < -0.4 is 5.32 Å². The number of benzene rings is 1. The van der Waals surface area contributed by atoms with Gasteiger partial charge in [0.2, 0.25) is 0 Å². The first-order valence-electron chi connectivity index (χ1n) is 10.6. The summed E-state index contributed by atoms with van der Waals surface area (Å²) in [6, 6.07) is 13.7. The number of halogens is 3. The van der Waals surface area contributed by atoms with E-state index >= 15 is 0 Å². The van der Waals surface area contributed by atoms with Crippen molar-refractivity contribution in [1.82, 2.24) is 9.88 Å². The molecule has 1 amide bonds. The van der Waals surface area contributed by atoms with E-state index in [0.29, 0.717) is 19.0 Å². The molecule has 1 aromatic heterocycles. The number of anilines is 1. The van der Waals surface area contributed by atoms with Gasteiger partial charge in [-0.25, -0.2) is 9.78 Å². The van der Waals surface area contributed by atoms with Crippen LogP contribution in [0.3, 0.4) is 0 Å². The van der Waals surface area contributed by atoms with Gasteiger partial charge in [0.15, 0.2) is 0 Å². The first kappa shape index (κ1) is 24.5. The van der Waals surface area contributed by atoms with Gasteiger partial charge in [-0.2, -0.15) is 13.2 Å². The van der Waals surface area contributed by atoms with Crippen LogP contribution in [0.4, 0.5) is 19.0 Å². The Kier molecular flexibility index (Phi) is 7.57. The molecule has 1 unspecified atom stereocenters. The monoisotopic (exact) mass is 465 g/mol. The molecule has 2 aliphatic heterocycles. The number of aliphatic carboxylic acids is 1. The summed E-state index contributed by atoms with van der Waals surface area (Å²) in [4.78, 5) is 27.8. The second-order valence-electron chi connectivity index (χ2n) is 8.16. The van der Waals surface area contributed by atoms with E-state index in [0.717, 1.165) is 42.9 Å². The van der Waals surface area contributed by atoms with Gasteiger partial charge in [-0.1, -0.05) is 23.8 Å². The largest absolute Gasteiger partial charge is 0.490 e. The maximum absolute atomic E-state index is 12.7. The Morgan fingerprint density at radius 2 is 1.97 bits per heavy atom. The fraction of sp³-hybridized carbons (Fsp3) is 0.435. The van der Waals surface area contributed by atoms with E-state index in [1.807, 2.05) is 54.3 Å². The Bertz CT molecular complexity index is 963. The summed E-state index contributed by atoms with van der Waals surface area (Å²) >= 11 is 0. The number of carboxylic acids is 1. The zero-order valence-electron chi connectivity index (χ0n) is 18.1. The number of pyridine rings is 1. The summed E-state index contributed by atoms with van der Waals surface area (Å²) in [5.74, 6) is -1.25. The van der Waals surface area contributed by atoms with Crippen molar-refractivity contribution in [3.63, 3.8) is 0 Å². The molecular formula is C23H26F3N3O4. The number of carbonyl (C=O) groups excluding carboxylic acids is 1. The quantitative estimate of drug-likeness (QED) is 0.699. The van der Waals surface area contributed by atoms with Crippen molar-refractivity contribution >= 4 is 17.7 Å². The third-order valence-corrected chi connectivity index (χ3v) is 5.78. The minimum atomic E-state index is -5.08. The lowest BCUT2D eigenvalue weighted by molar-refractivity contribution is -0.192. The Balaban J connectivity index is 0.000000383. The van der Waals surface area contributed by atoms with Crippen molar-refractivity contribution in [3.05, 3.63) is 59.8 Å². The van der Waals surface area contributed by atoms with E-state index in [1.165, 1.54) is 0 Å². The standard InChI is InChI=1S/C21H25N3O2.C2HF3O2/c1-16-5-4-6-17(13-16)20(25)24-14-21(15-24)18(9-12-26-21)8-11-23-19-7-2-3-10-22-19;3-2(4,5)1(6)7/h2-7,10,13,18H,8-9,11-12,14-15H2,1H3,(H,22,23);(H,6,7). The van der Waals surface area contributed by atoms with Crippen LogP contribution in [0.15, 0.2) is 48.7 Å². The van der Waals surface area contributed by atoms with E-state index in [1.54, 1.807) is 6.20 Å². The van der Waals surface area contributed by atoms with Crippen molar-refractivity contribution in [3.8, 4) is 0 Å². The highest BCUT2D eigenvalue weighted by molar-refractivity contribution is 5.95. The maximum Gasteiger partial charge on any atom is 0.490 e. The van der Waals surface area contributed by atoms with Crippen molar-refractivity contribution < 1.29 is 32.6 Å². The number of nitrogens with zero attached hydrogens (tertiary/aromatic N) is 2. The molecule has 33 heavy (non-hydrogen) atoms. The molecule has 2 aliphatic rings. The summed E-state index contributed by atoms with van der Waals surface area (Å²) in [7, 11) is 0. The zero-order chi connectivity index (χ0) is 24.1. The van der Waals surface area contributed by atoms with Gasteiger partial charge >= 0.3 is 12.1 Å². The van der Waals surface area contributed by atoms with Gasteiger partial charge in [-0.15, -0.1) is 0 Å². The van der Waals surface area contributed by atoms with Gasteiger partial charge in [0.1, 0.15) is 11.4 Å². The molecule has 1 spiro atoms. The summed E-state index contributed by atoms with van der Waals surface area (Å²) < 4.78 is 37.8. The number of ether oxygens (including phenoxy) is 1.